The van der Waals surface area contributed by atoms with E-state index in [0.717, 1.165) is 5.92 Å². The van der Waals surface area contributed by atoms with Crippen molar-refractivity contribution in [2.24, 2.45) is 5.92 Å². The summed E-state index contributed by atoms with van der Waals surface area (Å²) in [5, 5.41) is 0.496. The van der Waals surface area contributed by atoms with Crippen molar-refractivity contribution in [2.75, 3.05) is 0 Å². The molecule has 1 fully saturated rings. The summed E-state index contributed by atoms with van der Waals surface area (Å²) in [7, 11) is 0. The average Bonchev–Trinajstić information content (AvgIpc) is 2.09. The number of unbranched alkanes of at least 4 members (excludes halogenated alkanes) is 2. The van der Waals surface area contributed by atoms with E-state index in [1.807, 2.05) is 0 Å². The fourth-order valence-electron chi connectivity index (χ4n) is 2.14. The van der Waals surface area contributed by atoms with Crippen molar-refractivity contribution in [3.05, 3.63) is 0 Å². The Morgan fingerprint density at radius 3 is 2.58 bits per heavy atom. The van der Waals surface area contributed by atoms with Crippen molar-refractivity contribution in [2.45, 2.75) is 63.7 Å². The van der Waals surface area contributed by atoms with Crippen LogP contribution in [0.15, 0.2) is 0 Å². The molecule has 1 aliphatic carbocycles. The van der Waals surface area contributed by atoms with Crippen molar-refractivity contribution < 1.29 is 0 Å². The lowest BCUT2D eigenvalue weighted by Gasteiger charge is -2.26. The summed E-state index contributed by atoms with van der Waals surface area (Å²) in [4.78, 5) is 0. The molecular weight excluding hydrogens is 168 g/mol. The maximum atomic E-state index is 6.26. The molecule has 0 aromatic carbocycles. The van der Waals surface area contributed by atoms with Crippen molar-refractivity contribution in [1.29, 1.82) is 0 Å². The Morgan fingerprint density at radius 2 is 1.92 bits per heavy atom. The highest BCUT2D eigenvalue weighted by molar-refractivity contribution is 6.20. The molecule has 0 heterocycles. The minimum Gasteiger partial charge on any atom is -0.123 e. The number of hydrogen-bond donors (Lipinski definition) is 0. The van der Waals surface area contributed by atoms with Gasteiger partial charge in [0.1, 0.15) is 0 Å². The predicted octanol–water partition coefficient (Wildman–Crippen LogP) is 4.36. The maximum Gasteiger partial charge on any atom is 0.0364 e. The minimum absolute atomic E-state index is 0.496. The van der Waals surface area contributed by atoms with Gasteiger partial charge in [0.15, 0.2) is 0 Å². The first-order valence-corrected chi connectivity index (χ1v) is 5.92. The van der Waals surface area contributed by atoms with Crippen LogP contribution in [0.4, 0.5) is 0 Å². The predicted molar refractivity (Wildman–Crippen MR) is 55.7 cm³/mol. The third kappa shape index (κ3) is 3.35. The fraction of sp³-hybridized carbons (Fsp3) is 1.00. The molecule has 0 saturated heterocycles. The molecule has 0 aromatic heterocycles. The SMILES string of the molecule is CCCCCC1CCCCC1Cl. The summed E-state index contributed by atoms with van der Waals surface area (Å²) in [6.07, 6.45) is 10.9. The maximum absolute atomic E-state index is 6.26. The Bertz CT molecular complexity index is 112. The molecule has 0 radical (unpaired) electrons. The second-order valence-electron chi connectivity index (χ2n) is 4.06. The number of halogens is 1. The van der Waals surface area contributed by atoms with Gasteiger partial charge in [0.25, 0.3) is 0 Å². The lowest BCUT2D eigenvalue weighted by atomic mass is 9.85. The number of rotatable bonds is 4. The first-order valence-electron chi connectivity index (χ1n) is 5.48. The Morgan fingerprint density at radius 1 is 1.17 bits per heavy atom. The van der Waals surface area contributed by atoms with Crippen molar-refractivity contribution in [3.63, 3.8) is 0 Å². The topological polar surface area (TPSA) is 0 Å². The van der Waals surface area contributed by atoms with E-state index in [9.17, 15) is 0 Å². The van der Waals surface area contributed by atoms with Crippen LogP contribution in [0.5, 0.6) is 0 Å². The van der Waals surface area contributed by atoms with E-state index >= 15 is 0 Å². The van der Waals surface area contributed by atoms with Crippen LogP contribution in [0.25, 0.3) is 0 Å². The van der Waals surface area contributed by atoms with Crippen LogP contribution in [-0.4, -0.2) is 5.38 Å². The van der Waals surface area contributed by atoms with E-state index in [4.69, 9.17) is 11.6 Å². The van der Waals surface area contributed by atoms with E-state index in [1.54, 1.807) is 0 Å². The highest BCUT2D eigenvalue weighted by atomic mass is 35.5. The third-order valence-electron chi connectivity index (χ3n) is 2.99. The Kier molecular flexibility index (Phi) is 5.06. The lowest BCUT2D eigenvalue weighted by molar-refractivity contribution is 0.336. The van der Waals surface area contributed by atoms with Crippen LogP contribution in [0, 0.1) is 5.92 Å². The minimum atomic E-state index is 0.496. The van der Waals surface area contributed by atoms with Crippen LogP contribution < -0.4 is 0 Å². The van der Waals surface area contributed by atoms with Crippen LogP contribution >= 0.6 is 11.6 Å². The monoisotopic (exact) mass is 188 g/mol. The van der Waals surface area contributed by atoms with Crippen LogP contribution in [0.1, 0.15) is 58.3 Å². The van der Waals surface area contributed by atoms with Crippen LogP contribution in [0.3, 0.4) is 0 Å². The molecule has 0 spiro atoms. The Hall–Kier alpha value is 0.290. The van der Waals surface area contributed by atoms with Crippen LogP contribution in [0.2, 0.25) is 0 Å². The van der Waals surface area contributed by atoms with Gasteiger partial charge in [-0.3, -0.25) is 0 Å². The molecule has 0 bridgehead atoms. The van der Waals surface area contributed by atoms with Gasteiger partial charge >= 0.3 is 0 Å². The molecule has 12 heavy (non-hydrogen) atoms. The van der Waals surface area contributed by atoms with Crippen molar-refractivity contribution in [1.82, 2.24) is 0 Å². The molecule has 0 nitrogen and oxygen atoms in total. The number of hydrogen-bond acceptors (Lipinski definition) is 0. The molecular formula is C11H21Cl. The summed E-state index contributed by atoms with van der Waals surface area (Å²) < 4.78 is 0. The van der Waals surface area contributed by atoms with E-state index < -0.39 is 0 Å². The number of alkyl halides is 1. The summed E-state index contributed by atoms with van der Waals surface area (Å²) in [5.41, 5.74) is 0. The molecule has 0 aliphatic heterocycles. The molecule has 2 atom stereocenters. The molecule has 0 amide bonds. The molecule has 1 saturated carbocycles. The summed E-state index contributed by atoms with van der Waals surface area (Å²) in [5.74, 6) is 0.840. The summed E-state index contributed by atoms with van der Waals surface area (Å²) >= 11 is 6.26. The first-order chi connectivity index (χ1) is 5.84. The van der Waals surface area contributed by atoms with Gasteiger partial charge in [0.05, 0.1) is 0 Å². The Labute approximate surface area is 81.7 Å². The summed E-state index contributed by atoms with van der Waals surface area (Å²) in [6.45, 7) is 2.26. The van der Waals surface area contributed by atoms with Gasteiger partial charge in [-0.15, -0.1) is 11.6 Å². The van der Waals surface area contributed by atoms with E-state index in [-0.39, 0.29) is 0 Å². The standard InChI is InChI=1S/C11H21Cl/c1-2-3-4-7-10-8-5-6-9-11(10)12/h10-11H,2-9H2,1H3. The van der Waals surface area contributed by atoms with Crippen molar-refractivity contribution in [3.8, 4) is 0 Å². The highest BCUT2D eigenvalue weighted by Crippen LogP contribution is 2.32. The van der Waals surface area contributed by atoms with Gasteiger partial charge in [-0.2, -0.15) is 0 Å². The Balaban J connectivity index is 2.11. The quantitative estimate of drug-likeness (QED) is 0.454. The van der Waals surface area contributed by atoms with E-state index in [0.29, 0.717) is 5.38 Å². The van der Waals surface area contributed by atoms with E-state index in [1.165, 1.54) is 51.4 Å². The van der Waals surface area contributed by atoms with Gasteiger partial charge in [0, 0.05) is 5.38 Å². The van der Waals surface area contributed by atoms with Gasteiger partial charge in [-0.05, 0) is 25.2 Å². The second-order valence-corrected chi connectivity index (χ2v) is 4.62. The molecule has 0 aromatic rings. The fourth-order valence-corrected chi connectivity index (χ4v) is 2.55. The highest BCUT2D eigenvalue weighted by Gasteiger charge is 2.21. The van der Waals surface area contributed by atoms with Gasteiger partial charge in [0.2, 0.25) is 0 Å². The van der Waals surface area contributed by atoms with Gasteiger partial charge in [-0.1, -0.05) is 39.0 Å². The second kappa shape index (κ2) is 5.85. The zero-order valence-corrected chi connectivity index (χ0v) is 8.95. The average molecular weight is 189 g/mol. The molecule has 72 valence electrons. The first kappa shape index (κ1) is 10.4. The lowest BCUT2D eigenvalue weighted by Crippen LogP contribution is -2.19. The zero-order valence-electron chi connectivity index (χ0n) is 8.19. The third-order valence-corrected chi connectivity index (χ3v) is 3.57. The normalized spacial score (nSPS) is 30.5. The molecule has 2 unspecified atom stereocenters. The molecule has 1 heteroatoms. The van der Waals surface area contributed by atoms with Crippen molar-refractivity contribution >= 4 is 11.6 Å². The van der Waals surface area contributed by atoms with E-state index in [2.05, 4.69) is 6.92 Å². The molecule has 1 rings (SSSR count). The van der Waals surface area contributed by atoms with Crippen LogP contribution in [-0.2, 0) is 0 Å². The van der Waals surface area contributed by atoms with Gasteiger partial charge < -0.3 is 0 Å². The smallest absolute Gasteiger partial charge is 0.0364 e. The zero-order chi connectivity index (χ0) is 8.81. The largest absolute Gasteiger partial charge is 0.123 e. The van der Waals surface area contributed by atoms with Gasteiger partial charge in [-0.25, -0.2) is 0 Å². The molecule has 1 aliphatic rings. The molecule has 0 N–H and O–H groups in total. The summed E-state index contributed by atoms with van der Waals surface area (Å²) in [6, 6.07) is 0.